The minimum atomic E-state index is -0.653. The lowest BCUT2D eigenvalue weighted by Gasteiger charge is -2.14. The van der Waals surface area contributed by atoms with E-state index in [0.717, 1.165) is 0 Å². The largest absolute Gasteiger partial charge is 0.394 e. The highest BCUT2D eigenvalue weighted by molar-refractivity contribution is 4.96. The quantitative estimate of drug-likeness (QED) is 0.691. The Labute approximate surface area is 86.5 Å². The lowest BCUT2D eigenvalue weighted by molar-refractivity contribution is -0.0445. The third-order valence-electron chi connectivity index (χ3n) is 2.54. The van der Waals surface area contributed by atoms with Gasteiger partial charge in [-0.05, 0) is 0 Å². The highest BCUT2D eigenvalue weighted by Crippen LogP contribution is 2.27. The van der Waals surface area contributed by atoms with E-state index < -0.39 is 12.2 Å². The van der Waals surface area contributed by atoms with Crippen molar-refractivity contribution < 1.29 is 14.9 Å². The number of rotatable bonds is 2. The van der Waals surface area contributed by atoms with Gasteiger partial charge in [-0.2, -0.15) is 0 Å². The number of nitrogens with zero attached hydrogens (tertiary/aromatic N) is 1. The molecule has 0 aliphatic carbocycles. The van der Waals surface area contributed by atoms with Gasteiger partial charge in [-0.1, -0.05) is 0 Å². The Balaban J connectivity index is 2.13. The van der Waals surface area contributed by atoms with Gasteiger partial charge in [0.25, 0.3) is 0 Å². The van der Waals surface area contributed by atoms with E-state index in [0.29, 0.717) is 6.42 Å². The first-order valence-corrected chi connectivity index (χ1v) is 4.83. The van der Waals surface area contributed by atoms with Crippen LogP contribution in [0, 0.1) is 0 Å². The molecule has 0 bridgehead atoms. The van der Waals surface area contributed by atoms with E-state index in [1.165, 1.54) is 12.1 Å². The van der Waals surface area contributed by atoms with Crippen LogP contribution in [0.3, 0.4) is 0 Å². The van der Waals surface area contributed by atoms with Crippen LogP contribution < -0.4 is 5.43 Å². The van der Waals surface area contributed by atoms with Crippen LogP contribution in [-0.4, -0.2) is 33.6 Å². The molecule has 1 aliphatic rings. The number of hydrogen-bond donors (Lipinski definition) is 2. The molecule has 1 aliphatic heterocycles. The number of aliphatic hydroxyl groups is 2. The van der Waals surface area contributed by atoms with Crippen molar-refractivity contribution in [2.45, 2.75) is 24.9 Å². The molecule has 0 radical (unpaired) electrons. The Morgan fingerprint density at radius 1 is 1.47 bits per heavy atom. The molecule has 5 nitrogen and oxygen atoms in total. The minimum absolute atomic E-state index is 0.0662. The third-order valence-corrected chi connectivity index (χ3v) is 2.54. The summed E-state index contributed by atoms with van der Waals surface area (Å²) in [5, 5.41) is 18.4. The summed E-state index contributed by atoms with van der Waals surface area (Å²) in [7, 11) is 0. The third kappa shape index (κ3) is 2.09. The lowest BCUT2D eigenvalue weighted by atomic mass is 10.2. The molecule has 2 N–H and O–H groups in total. The van der Waals surface area contributed by atoms with Gasteiger partial charge in [0.05, 0.1) is 12.7 Å². The summed E-state index contributed by atoms with van der Waals surface area (Å²) in [5.74, 6) is 0. The number of aromatic nitrogens is 1. The Morgan fingerprint density at radius 3 is 2.67 bits per heavy atom. The van der Waals surface area contributed by atoms with Crippen molar-refractivity contribution in [1.82, 2.24) is 4.57 Å². The van der Waals surface area contributed by atoms with Gasteiger partial charge in [0.1, 0.15) is 12.3 Å². The van der Waals surface area contributed by atoms with Crippen LogP contribution in [0.4, 0.5) is 0 Å². The van der Waals surface area contributed by atoms with Gasteiger partial charge < -0.3 is 19.5 Å². The topological polar surface area (TPSA) is 71.7 Å². The Bertz CT molecular complexity index is 369. The fourth-order valence-corrected chi connectivity index (χ4v) is 1.68. The highest BCUT2D eigenvalue weighted by atomic mass is 16.5. The van der Waals surface area contributed by atoms with Crippen LogP contribution >= 0.6 is 0 Å². The Kier molecular flexibility index (Phi) is 2.86. The maximum absolute atomic E-state index is 10.9. The SMILES string of the molecule is O=c1ccn([C@H]2C[C@H](O)[C@@H](CO)O2)cc1. The summed E-state index contributed by atoms with van der Waals surface area (Å²) in [6, 6.07) is 2.87. The lowest BCUT2D eigenvalue weighted by Crippen LogP contribution is -2.24. The maximum Gasteiger partial charge on any atom is 0.181 e. The molecule has 1 saturated heterocycles. The molecule has 15 heavy (non-hydrogen) atoms. The van der Waals surface area contributed by atoms with Crippen LogP contribution in [0.1, 0.15) is 12.6 Å². The van der Waals surface area contributed by atoms with Crippen LogP contribution in [0.15, 0.2) is 29.3 Å². The number of ether oxygens (including phenoxy) is 1. The molecule has 0 amide bonds. The number of aliphatic hydroxyl groups excluding tert-OH is 2. The fraction of sp³-hybridized carbons (Fsp3) is 0.500. The molecule has 1 fully saturated rings. The molecule has 2 heterocycles. The summed E-state index contributed by atoms with van der Waals surface area (Å²) in [6.07, 6.45) is 2.15. The Morgan fingerprint density at radius 2 is 2.13 bits per heavy atom. The molecular formula is C10H13NO4. The van der Waals surface area contributed by atoms with Crippen LogP contribution in [0.5, 0.6) is 0 Å². The zero-order valence-electron chi connectivity index (χ0n) is 8.11. The highest BCUT2D eigenvalue weighted by Gasteiger charge is 2.33. The first kappa shape index (κ1) is 10.4. The molecule has 5 heteroatoms. The standard InChI is InChI=1S/C10H13NO4/c12-6-9-8(14)5-10(15-9)11-3-1-7(13)2-4-11/h1-4,8-10,12,14H,5-6H2/t8-,9+,10+/m0/s1. The molecule has 0 unspecified atom stereocenters. The van der Waals surface area contributed by atoms with Crippen molar-refractivity contribution in [2.75, 3.05) is 6.61 Å². The van der Waals surface area contributed by atoms with Crippen molar-refractivity contribution in [3.63, 3.8) is 0 Å². The summed E-state index contributed by atoms with van der Waals surface area (Å²) >= 11 is 0. The Hall–Kier alpha value is -1.17. The molecule has 0 spiro atoms. The van der Waals surface area contributed by atoms with Gasteiger partial charge in [-0.25, -0.2) is 0 Å². The summed E-state index contributed by atoms with van der Waals surface area (Å²) < 4.78 is 7.12. The van der Waals surface area contributed by atoms with Crippen molar-refractivity contribution in [3.05, 3.63) is 34.7 Å². The molecule has 3 atom stereocenters. The zero-order chi connectivity index (χ0) is 10.8. The summed E-state index contributed by atoms with van der Waals surface area (Å²) in [5.41, 5.74) is -0.0662. The van der Waals surface area contributed by atoms with E-state index in [2.05, 4.69) is 0 Å². The van der Waals surface area contributed by atoms with E-state index in [1.807, 2.05) is 0 Å². The van der Waals surface area contributed by atoms with Crippen molar-refractivity contribution >= 4 is 0 Å². The van der Waals surface area contributed by atoms with Gasteiger partial charge in [0.15, 0.2) is 5.43 Å². The molecule has 2 rings (SSSR count). The predicted octanol–water partition coefficient (Wildman–Crippen LogP) is -0.511. The first-order chi connectivity index (χ1) is 7.20. The van der Waals surface area contributed by atoms with Crippen molar-refractivity contribution in [1.29, 1.82) is 0 Å². The van der Waals surface area contributed by atoms with Crippen molar-refractivity contribution in [2.24, 2.45) is 0 Å². The van der Waals surface area contributed by atoms with Gasteiger partial charge in [-0.3, -0.25) is 4.79 Å². The fourth-order valence-electron chi connectivity index (χ4n) is 1.68. The van der Waals surface area contributed by atoms with E-state index in [4.69, 9.17) is 9.84 Å². The average Bonchev–Trinajstić information content (AvgIpc) is 2.61. The smallest absolute Gasteiger partial charge is 0.181 e. The minimum Gasteiger partial charge on any atom is -0.394 e. The van der Waals surface area contributed by atoms with Gasteiger partial charge in [0.2, 0.25) is 0 Å². The summed E-state index contributed by atoms with van der Waals surface area (Å²) in [4.78, 5) is 10.9. The molecule has 0 saturated carbocycles. The zero-order valence-corrected chi connectivity index (χ0v) is 8.11. The van der Waals surface area contributed by atoms with E-state index in [-0.39, 0.29) is 18.3 Å². The molecule has 0 aromatic carbocycles. The van der Waals surface area contributed by atoms with E-state index in [9.17, 15) is 9.90 Å². The molecular weight excluding hydrogens is 198 g/mol. The molecule has 1 aromatic rings. The second-order valence-electron chi connectivity index (χ2n) is 3.60. The van der Waals surface area contributed by atoms with Crippen LogP contribution in [-0.2, 0) is 4.74 Å². The molecule has 1 aromatic heterocycles. The van der Waals surface area contributed by atoms with E-state index >= 15 is 0 Å². The second-order valence-corrected chi connectivity index (χ2v) is 3.60. The first-order valence-electron chi connectivity index (χ1n) is 4.83. The van der Waals surface area contributed by atoms with E-state index in [1.54, 1.807) is 17.0 Å². The summed E-state index contributed by atoms with van der Waals surface area (Å²) in [6.45, 7) is -0.197. The maximum atomic E-state index is 10.9. The van der Waals surface area contributed by atoms with Crippen LogP contribution in [0.2, 0.25) is 0 Å². The monoisotopic (exact) mass is 211 g/mol. The number of pyridine rings is 1. The van der Waals surface area contributed by atoms with Crippen LogP contribution in [0.25, 0.3) is 0 Å². The van der Waals surface area contributed by atoms with Gasteiger partial charge in [-0.15, -0.1) is 0 Å². The second kappa shape index (κ2) is 4.14. The van der Waals surface area contributed by atoms with Gasteiger partial charge >= 0.3 is 0 Å². The number of hydrogen-bond acceptors (Lipinski definition) is 4. The normalized spacial score (nSPS) is 30.7. The predicted molar refractivity (Wildman–Crippen MR) is 52.3 cm³/mol. The van der Waals surface area contributed by atoms with Gasteiger partial charge in [0, 0.05) is 30.9 Å². The van der Waals surface area contributed by atoms with Crippen molar-refractivity contribution in [3.8, 4) is 0 Å². The molecule has 82 valence electrons. The average molecular weight is 211 g/mol.